The highest BCUT2D eigenvalue weighted by atomic mass is 16.2. The van der Waals surface area contributed by atoms with E-state index in [1.54, 1.807) is 0 Å². The van der Waals surface area contributed by atoms with Gasteiger partial charge in [0, 0.05) is 62.0 Å². The van der Waals surface area contributed by atoms with Gasteiger partial charge in [0.25, 0.3) is 0 Å². The Morgan fingerprint density at radius 2 is 2.19 bits per heavy atom. The number of carbonyl (C=O) groups is 1. The van der Waals surface area contributed by atoms with Gasteiger partial charge in [-0.1, -0.05) is 13.3 Å². The largest absolute Gasteiger partial charge is 0.341 e. The lowest BCUT2D eigenvalue weighted by Crippen LogP contribution is -2.48. The van der Waals surface area contributed by atoms with Crippen molar-refractivity contribution in [2.24, 2.45) is 0 Å². The van der Waals surface area contributed by atoms with Gasteiger partial charge in [0.05, 0.1) is 6.54 Å². The zero-order valence-electron chi connectivity index (χ0n) is 16.6. The number of rotatable bonds is 4. The SMILES string of the molecule is CCC1CCCCN1CC(=O)N1CCCC(c2ncc3c(n2)CCNC3)C1. The molecule has 1 amide bonds. The molecule has 6 heteroatoms. The summed E-state index contributed by atoms with van der Waals surface area (Å²) in [6.45, 7) is 7.43. The highest BCUT2D eigenvalue weighted by molar-refractivity contribution is 5.78. The highest BCUT2D eigenvalue weighted by Gasteiger charge is 2.30. The quantitative estimate of drug-likeness (QED) is 0.878. The van der Waals surface area contributed by atoms with E-state index in [1.165, 1.54) is 30.5 Å². The molecule has 0 radical (unpaired) electrons. The second-order valence-electron chi connectivity index (χ2n) is 8.33. The predicted octanol–water partition coefficient (Wildman–Crippen LogP) is 2.09. The van der Waals surface area contributed by atoms with Crippen LogP contribution in [0, 0.1) is 0 Å². The van der Waals surface area contributed by atoms with Gasteiger partial charge in [-0.05, 0) is 38.6 Å². The summed E-state index contributed by atoms with van der Waals surface area (Å²) in [6.07, 6.45) is 10.0. The third-order valence-electron chi connectivity index (χ3n) is 6.52. The second-order valence-corrected chi connectivity index (χ2v) is 8.33. The van der Waals surface area contributed by atoms with E-state index in [1.807, 2.05) is 6.20 Å². The van der Waals surface area contributed by atoms with E-state index < -0.39 is 0 Å². The standard InChI is InChI=1S/C21H33N5O/c1-2-18-7-3-4-10-25(18)15-20(27)26-11-5-6-16(14-26)21-23-13-17-12-22-9-8-19(17)24-21/h13,16,18,22H,2-12,14-15H2,1H3. The van der Waals surface area contributed by atoms with Crippen LogP contribution in [0.25, 0.3) is 0 Å². The molecule has 0 spiro atoms. The van der Waals surface area contributed by atoms with E-state index in [4.69, 9.17) is 4.98 Å². The summed E-state index contributed by atoms with van der Waals surface area (Å²) in [5.74, 6) is 1.52. The zero-order chi connectivity index (χ0) is 18.6. The normalized spacial score (nSPS) is 26.6. The molecule has 0 aromatic carbocycles. The first kappa shape index (κ1) is 18.8. The van der Waals surface area contributed by atoms with E-state index in [0.717, 1.165) is 64.2 Å². The molecule has 2 fully saturated rings. The summed E-state index contributed by atoms with van der Waals surface area (Å²) < 4.78 is 0. The van der Waals surface area contributed by atoms with Crippen LogP contribution in [0.15, 0.2) is 6.20 Å². The molecule has 1 N–H and O–H groups in total. The lowest BCUT2D eigenvalue weighted by atomic mass is 9.96. The van der Waals surface area contributed by atoms with Crippen molar-refractivity contribution < 1.29 is 4.79 Å². The summed E-state index contributed by atoms with van der Waals surface area (Å²) in [4.78, 5) is 27.0. The number of hydrogen-bond acceptors (Lipinski definition) is 5. The molecule has 4 rings (SSSR count). The van der Waals surface area contributed by atoms with E-state index in [-0.39, 0.29) is 5.92 Å². The molecule has 0 aliphatic carbocycles. The Balaban J connectivity index is 1.39. The molecule has 6 nitrogen and oxygen atoms in total. The van der Waals surface area contributed by atoms with Crippen molar-refractivity contribution in [2.75, 3.05) is 32.7 Å². The molecule has 3 aliphatic heterocycles. The Morgan fingerprint density at radius 1 is 1.26 bits per heavy atom. The van der Waals surface area contributed by atoms with E-state index >= 15 is 0 Å². The van der Waals surface area contributed by atoms with Crippen molar-refractivity contribution in [2.45, 2.75) is 70.4 Å². The maximum atomic E-state index is 13.0. The molecule has 4 heterocycles. The first-order chi connectivity index (χ1) is 13.2. The number of hydrogen-bond donors (Lipinski definition) is 1. The Hall–Kier alpha value is -1.53. The van der Waals surface area contributed by atoms with Gasteiger partial charge in [0.2, 0.25) is 5.91 Å². The van der Waals surface area contributed by atoms with Crippen molar-refractivity contribution in [3.63, 3.8) is 0 Å². The number of nitrogens with zero attached hydrogens (tertiary/aromatic N) is 4. The Labute approximate surface area is 162 Å². The van der Waals surface area contributed by atoms with Crippen LogP contribution in [-0.4, -0.2) is 64.4 Å². The van der Waals surface area contributed by atoms with Gasteiger partial charge in [-0.3, -0.25) is 9.69 Å². The number of carbonyl (C=O) groups excluding carboxylic acids is 1. The minimum Gasteiger partial charge on any atom is -0.341 e. The van der Waals surface area contributed by atoms with Crippen molar-refractivity contribution >= 4 is 5.91 Å². The zero-order valence-corrected chi connectivity index (χ0v) is 16.6. The second kappa shape index (κ2) is 8.65. The average Bonchev–Trinajstić information content (AvgIpc) is 2.74. The molecule has 0 bridgehead atoms. The van der Waals surface area contributed by atoms with Crippen LogP contribution in [0.2, 0.25) is 0 Å². The predicted molar refractivity (Wildman–Crippen MR) is 106 cm³/mol. The monoisotopic (exact) mass is 371 g/mol. The molecule has 2 atom stereocenters. The van der Waals surface area contributed by atoms with Crippen molar-refractivity contribution in [3.8, 4) is 0 Å². The fraction of sp³-hybridized carbons (Fsp3) is 0.762. The molecular weight excluding hydrogens is 338 g/mol. The average molecular weight is 372 g/mol. The molecule has 2 saturated heterocycles. The van der Waals surface area contributed by atoms with Gasteiger partial charge in [0.15, 0.2) is 0 Å². The van der Waals surface area contributed by atoms with Gasteiger partial charge >= 0.3 is 0 Å². The van der Waals surface area contributed by atoms with E-state index in [9.17, 15) is 4.79 Å². The van der Waals surface area contributed by atoms with Gasteiger partial charge in [-0.2, -0.15) is 0 Å². The first-order valence-corrected chi connectivity index (χ1v) is 10.8. The van der Waals surface area contributed by atoms with Crippen LogP contribution >= 0.6 is 0 Å². The molecule has 148 valence electrons. The third kappa shape index (κ3) is 4.32. The van der Waals surface area contributed by atoms with Crippen LogP contribution in [0.4, 0.5) is 0 Å². The molecule has 3 aliphatic rings. The summed E-state index contributed by atoms with van der Waals surface area (Å²) in [7, 11) is 0. The summed E-state index contributed by atoms with van der Waals surface area (Å²) in [6, 6.07) is 0.584. The lowest BCUT2D eigenvalue weighted by Gasteiger charge is -2.38. The van der Waals surface area contributed by atoms with E-state index in [2.05, 4.69) is 27.0 Å². The maximum absolute atomic E-state index is 13.0. The van der Waals surface area contributed by atoms with Crippen LogP contribution in [0.1, 0.15) is 68.4 Å². The molecule has 1 aromatic rings. The van der Waals surface area contributed by atoms with Crippen LogP contribution in [-0.2, 0) is 17.8 Å². The van der Waals surface area contributed by atoms with Crippen molar-refractivity contribution in [3.05, 3.63) is 23.3 Å². The molecule has 2 unspecified atom stereocenters. The lowest BCUT2D eigenvalue weighted by molar-refractivity contribution is -0.134. The Kier molecular flexibility index (Phi) is 6.03. The fourth-order valence-electron chi connectivity index (χ4n) is 4.87. The number of fused-ring (bicyclic) bond motifs is 1. The summed E-state index contributed by atoms with van der Waals surface area (Å²) in [5, 5.41) is 3.37. The molecule has 27 heavy (non-hydrogen) atoms. The van der Waals surface area contributed by atoms with Crippen molar-refractivity contribution in [1.82, 2.24) is 25.1 Å². The molecule has 1 aromatic heterocycles. The number of likely N-dealkylation sites (tertiary alicyclic amines) is 2. The first-order valence-electron chi connectivity index (χ1n) is 10.8. The minimum atomic E-state index is 0.284. The van der Waals surface area contributed by atoms with E-state index in [0.29, 0.717) is 18.5 Å². The highest BCUT2D eigenvalue weighted by Crippen LogP contribution is 2.26. The van der Waals surface area contributed by atoms with Crippen molar-refractivity contribution in [1.29, 1.82) is 0 Å². The van der Waals surface area contributed by atoms with Crippen LogP contribution < -0.4 is 5.32 Å². The van der Waals surface area contributed by atoms with Gasteiger partial charge in [-0.15, -0.1) is 0 Å². The number of piperidine rings is 2. The minimum absolute atomic E-state index is 0.284. The Morgan fingerprint density at radius 3 is 3.07 bits per heavy atom. The topological polar surface area (TPSA) is 61.4 Å². The smallest absolute Gasteiger partial charge is 0.236 e. The van der Waals surface area contributed by atoms with Crippen LogP contribution in [0.3, 0.4) is 0 Å². The number of aromatic nitrogens is 2. The summed E-state index contributed by atoms with van der Waals surface area (Å²) >= 11 is 0. The fourth-order valence-corrected chi connectivity index (χ4v) is 4.87. The number of nitrogens with one attached hydrogen (secondary N) is 1. The van der Waals surface area contributed by atoms with Gasteiger partial charge in [-0.25, -0.2) is 9.97 Å². The summed E-state index contributed by atoms with van der Waals surface area (Å²) in [5.41, 5.74) is 2.42. The third-order valence-corrected chi connectivity index (χ3v) is 6.52. The number of amides is 1. The maximum Gasteiger partial charge on any atom is 0.236 e. The Bertz CT molecular complexity index is 664. The van der Waals surface area contributed by atoms with Gasteiger partial charge in [0.1, 0.15) is 5.82 Å². The van der Waals surface area contributed by atoms with Gasteiger partial charge < -0.3 is 10.2 Å². The molecule has 0 saturated carbocycles. The molecular formula is C21H33N5O. The van der Waals surface area contributed by atoms with Crippen LogP contribution in [0.5, 0.6) is 0 Å².